The summed E-state index contributed by atoms with van der Waals surface area (Å²) in [5.41, 5.74) is 3.59. The van der Waals surface area contributed by atoms with Gasteiger partial charge in [0.05, 0.1) is 0 Å². The molecule has 94 valence electrons. The Morgan fingerprint density at radius 3 is 2.44 bits per heavy atom. The van der Waals surface area contributed by atoms with Crippen LogP contribution in [0.1, 0.15) is 22.9 Å². The van der Waals surface area contributed by atoms with Gasteiger partial charge in [-0.05, 0) is 43.3 Å². The van der Waals surface area contributed by atoms with E-state index in [2.05, 4.69) is 69.6 Å². The van der Waals surface area contributed by atoms with Crippen LogP contribution in [-0.4, -0.2) is 12.0 Å². The van der Waals surface area contributed by atoms with Crippen LogP contribution < -0.4 is 5.32 Å². The van der Waals surface area contributed by atoms with Crippen molar-refractivity contribution < 1.29 is 0 Å². The molecule has 0 aliphatic heterocycles. The van der Waals surface area contributed by atoms with Gasteiger partial charge in [0.25, 0.3) is 0 Å². The second-order valence-electron chi connectivity index (χ2n) is 4.42. The van der Waals surface area contributed by atoms with Gasteiger partial charge in [0.15, 0.2) is 0 Å². The quantitative estimate of drug-likeness (QED) is 0.932. The Morgan fingerprint density at radius 2 is 1.89 bits per heavy atom. The van der Waals surface area contributed by atoms with Gasteiger partial charge in [-0.3, -0.25) is 4.98 Å². The fourth-order valence-corrected chi connectivity index (χ4v) is 2.17. The van der Waals surface area contributed by atoms with Gasteiger partial charge in [-0.2, -0.15) is 0 Å². The number of rotatable bonds is 4. The number of aromatic nitrogens is 1. The average Bonchev–Trinajstić information content (AvgIpc) is 2.39. The first-order chi connectivity index (χ1) is 8.69. The predicted molar refractivity (Wildman–Crippen MR) is 78.6 cm³/mol. The minimum Gasteiger partial charge on any atom is -0.313 e. The lowest BCUT2D eigenvalue weighted by Crippen LogP contribution is -2.19. The zero-order valence-corrected chi connectivity index (χ0v) is 12.2. The molecule has 1 atom stereocenters. The molecule has 2 aromatic rings. The summed E-state index contributed by atoms with van der Waals surface area (Å²) in [5, 5.41) is 3.35. The fourth-order valence-electron chi connectivity index (χ4n) is 1.91. The maximum absolute atomic E-state index is 4.46. The normalized spacial score (nSPS) is 12.4. The van der Waals surface area contributed by atoms with Gasteiger partial charge < -0.3 is 5.32 Å². The molecule has 1 aromatic carbocycles. The highest BCUT2D eigenvalue weighted by molar-refractivity contribution is 9.10. The molecule has 0 bridgehead atoms. The smallest absolute Gasteiger partial charge is 0.0422 e. The van der Waals surface area contributed by atoms with Crippen LogP contribution in [0.25, 0.3) is 0 Å². The second kappa shape index (κ2) is 6.12. The van der Waals surface area contributed by atoms with Crippen molar-refractivity contribution in [3.8, 4) is 0 Å². The van der Waals surface area contributed by atoms with E-state index in [4.69, 9.17) is 0 Å². The van der Waals surface area contributed by atoms with E-state index in [-0.39, 0.29) is 0 Å². The summed E-state index contributed by atoms with van der Waals surface area (Å²) in [6.45, 7) is 2.06. The van der Waals surface area contributed by atoms with Gasteiger partial charge in [0.2, 0.25) is 0 Å². The fraction of sp³-hybridized carbons (Fsp3) is 0.267. The Labute approximate surface area is 117 Å². The number of likely N-dealkylation sites (N-methyl/N-ethyl adjacent to an activating group) is 1. The first-order valence-electron chi connectivity index (χ1n) is 6.03. The molecule has 1 aromatic heterocycles. The summed E-state index contributed by atoms with van der Waals surface area (Å²) in [6.07, 6.45) is 2.82. The number of benzene rings is 1. The average molecular weight is 305 g/mol. The lowest BCUT2D eigenvalue weighted by Gasteiger charge is -2.16. The van der Waals surface area contributed by atoms with Gasteiger partial charge in [-0.1, -0.05) is 34.1 Å². The Hall–Kier alpha value is -1.19. The van der Waals surface area contributed by atoms with Crippen molar-refractivity contribution >= 4 is 15.9 Å². The molecule has 0 radical (unpaired) electrons. The maximum atomic E-state index is 4.46. The van der Waals surface area contributed by atoms with Crippen molar-refractivity contribution in [3.63, 3.8) is 0 Å². The maximum Gasteiger partial charge on any atom is 0.0422 e. The van der Waals surface area contributed by atoms with E-state index >= 15 is 0 Å². The molecule has 0 saturated heterocycles. The molecule has 0 aliphatic rings. The van der Waals surface area contributed by atoms with E-state index in [1.807, 2.05) is 13.2 Å². The summed E-state index contributed by atoms with van der Waals surface area (Å²) in [5.74, 6) is 0. The number of aryl methyl sites for hydroxylation is 1. The van der Waals surface area contributed by atoms with Crippen molar-refractivity contribution in [1.82, 2.24) is 10.3 Å². The van der Waals surface area contributed by atoms with E-state index in [1.54, 1.807) is 0 Å². The molecule has 3 heteroatoms. The Balaban J connectivity index is 2.14. The number of hydrogen-bond donors (Lipinski definition) is 1. The van der Waals surface area contributed by atoms with Gasteiger partial charge in [-0.25, -0.2) is 0 Å². The summed E-state index contributed by atoms with van der Waals surface area (Å²) in [7, 11) is 1.99. The molecule has 0 fully saturated rings. The van der Waals surface area contributed by atoms with Crippen LogP contribution in [0.5, 0.6) is 0 Å². The molecule has 1 unspecified atom stereocenters. The van der Waals surface area contributed by atoms with Gasteiger partial charge in [0, 0.05) is 28.8 Å². The van der Waals surface area contributed by atoms with Crippen molar-refractivity contribution in [2.45, 2.75) is 19.4 Å². The zero-order chi connectivity index (χ0) is 13.0. The third kappa shape index (κ3) is 3.40. The molecule has 0 saturated carbocycles. The van der Waals surface area contributed by atoms with Crippen LogP contribution in [0.2, 0.25) is 0 Å². The summed E-state index contributed by atoms with van der Waals surface area (Å²) in [6, 6.07) is 12.9. The van der Waals surface area contributed by atoms with Crippen LogP contribution in [0.15, 0.2) is 47.1 Å². The van der Waals surface area contributed by atoms with E-state index in [1.165, 1.54) is 11.1 Å². The monoisotopic (exact) mass is 304 g/mol. The third-order valence-electron chi connectivity index (χ3n) is 3.01. The first-order valence-corrected chi connectivity index (χ1v) is 6.82. The van der Waals surface area contributed by atoms with Crippen molar-refractivity contribution in [3.05, 3.63) is 63.9 Å². The number of hydrogen-bond acceptors (Lipinski definition) is 2. The minimum atomic E-state index is 0.299. The molecule has 18 heavy (non-hydrogen) atoms. The van der Waals surface area contributed by atoms with E-state index in [0.29, 0.717) is 6.04 Å². The number of pyridine rings is 1. The Morgan fingerprint density at radius 1 is 1.17 bits per heavy atom. The molecular weight excluding hydrogens is 288 g/mol. The van der Waals surface area contributed by atoms with E-state index < -0.39 is 0 Å². The topological polar surface area (TPSA) is 24.9 Å². The minimum absolute atomic E-state index is 0.299. The Kier molecular flexibility index (Phi) is 4.50. The van der Waals surface area contributed by atoms with Crippen molar-refractivity contribution in [1.29, 1.82) is 0 Å². The van der Waals surface area contributed by atoms with Crippen molar-refractivity contribution in [2.75, 3.05) is 7.05 Å². The highest BCUT2D eigenvalue weighted by Crippen LogP contribution is 2.19. The van der Waals surface area contributed by atoms with Crippen LogP contribution in [0.4, 0.5) is 0 Å². The number of nitrogens with one attached hydrogen (secondary N) is 1. The Bertz CT molecular complexity index is 491. The molecule has 1 N–H and O–H groups in total. The molecule has 0 spiro atoms. The lowest BCUT2D eigenvalue weighted by molar-refractivity contribution is 0.584. The van der Waals surface area contributed by atoms with Gasteiger partial charge in [0.1, 0.15) is 0 Å². The first kappa shape index (κ1) is 13.2. The highest BCUT2D eigenvalue weighted by atomic mass is 79.9. The summed E-state index contributed by atoms with van der Waals surface area (Å²) in [4.78, 5) is 4.46. The predicted octanol–water partition coefficient (Wildman–Crippen LogP) is 3.66. The highest BCUT2D eigenvalue weighted by Gasteiger charge is 2.10. The van der Waals surface area contributed by atoms with Gasteiger partial charge in [-0.15, -0.1) is 0 Å². The molecule has 0 aliphatic carbocycles. The SMILES string of the molecule is CNC(Cc1ccc(C)cn1)c1ccc(Br)cc1. The molecule has 2 rings (SSSR count). The molecule has 0 amide bonds. The second-order valence-corrected chi connectivity index (χ2v) is 5.34. The molecule has 2 nitrogen and oxygen atoms in total. The molecule has 1 heterocycles. The molecular formula is C15H17BrN2. The van der Waals surface area contributed by atoms with Gasteiger partial charge >= 0.3 is 0 Å². The summed E-state index contributed by atoms with van der Waals surface area (Å²) < 4.78 is 1.11. The van der Waals surface area contributed by atoms with Crippen LogP contribution >= 0.6 is 15.9 Å². The van der Waals surface area contributed by atoms with E-state index in [0.717, 1.165) is 16.6 Å². The van der Waals surface area contributed by atoms with Crippen LogP contribution in [-0.2, 0) is 6.42 Å². The lowest BCUT2D eigenvalue weighted by atomic mass is 10.0. The zero-order valence-electron chi connectivity index (χ0n) is 10.7. The number of halogens is 1. The van der Waals surface area contributed by atoms with Crippen LogP contribution in [0, 0.1) is 6.92 Å². The van der Waals surface area contributed by atoms with Crippen molar-refractivity contribution in [2.24, 2.45) is 0 Å². The third-order valence-corrected chi connectivity index (χ3v) is 3.54. The van der Waals surface area contributed by atoms with Crippen LogP contribution in [0.3, 0.4) is 0 Å². The summed E-state index contributed by atoms with van der Waals surface area (Å²) >= 11 is 3.46. The number of nitrogens with zero attached hydrogens (tertiary/aromatic N) is 1. The van der Waals surface area contributed by atoms with E-state index in [9.17, 15) is 0 Å². The largest absolute Gasteiger partial charge is 0.313 e. The standard InChI is InChI=1S/C15H17BrN2/c1-11-3-8-14(18-10-11)9-15(17-2)12-4-6-13(16)7-5-12/h3-8,10,15,17H,9H2,1-2H3.